The largest absolute Gasteiger partial charge is 0.508 e. The van der Waals surface area contributed by atoms with Crippen LogP contribution < -0.4 is 0 Å². The number of hydrogen-bond acceptors (Lipinski definition) is 2. The summed E-state index contributed by atoms with van der Waals surface area (Å²) in [6.07, 6.45) is 0. The summed E-state index contributed by atoms with van der Waals surface area (Å²) in [6.45, 7) is 2.02. The molecule has 0 saturated carbocycles. The molecule has 12 heavy (non-hydrogen) atoms. The van der Waals surface area contributed by atoms with Crippen LogP contribution >= 0.6 is 33.9 Å². The first-order chi connectivity index (χ1) is 5.66. The molecule has 1 heterocycles. The van der Waals surface area contributed by atoms with Crippen molar-refractivity contribution in [2.75, 3.05) is 0 Å². The van der Waals surface area contributed by atoms with Gasteiger partial charge in [0.1, 0.15) is 5.75 Å². The van der Waals surface area contributed by atoms with Crippen LogP contribution in [-0.4, -0.2) is 5.11 Å². The number of aryl methyl sites for hydroxylation is 1. The summed E-state index contributed by atoms with van der Waals surface area (Å²) in [5.74, 6) is 0.359. The Labute approximate surface area is 88.2 Å². The van der Waals surface area contributed by atoms with Gasteiger partial charge in [-0.1, -0.05) is 0 Å². The molecule has 0 radical (unpaired) electrons. The van der Waals surface area contributed by atoms with E-state index in [1.807, 2.05) is 13.0 Å². The van der Waals surface area contributed by atoms with Gasteiger partial charge in [0.05, 0.1) is 2.88 Å². The molecule has 0 bridgehead atoms. The van der Waals surface area contributed by atoms with E-state index in [4.69, 9.17) is 0 Å². The molecule has 1 N–H and O–H groups in total. The third kappa shape index (κ3) is 1.31. The zero-order chi connectivity index (χ0) is 8.72. The Morgan fingerprint density at radius 1 is 1.33 bits per heavy atom. The average Bonchev–Trinajstić information content (AvgIpc) is 2.29. The van der Waals surface area contributed by atoms with Crippen LogP contribution in [0.5, 0.6) is 5.75 Å². The van der Waals surface area contributed by atoms with Gasteiger partial charge in [-0.25, -0.2) is 0 Å². The molecule has 0 atom stereocenters. The van der Waals surface area contributed by atoms with Crippen molar-refractivity contribution >= 4 is 44.0 Å². The van der Waals surface area contributed by atoms with Crippen LogP contribution in [0.4, 0.5) is 0 Å². The van der Waals surface area contributed by atoms with Gasteiger partial charge < -0.3 is 5.11 Å². The minimum atomic E-state index is 0.359. The molecule has 1 aromatic heterocycles. The van der Waals surface area contributed by atoms with E-state index in [0.29, 0.717) is 5.75 Å². The standard InChI is InChI=1S/C9H7IOS/c1-5-2-6(11)3-8-7(5)4-9(10)12-8/h2-4,11H,1H3. The van der Waals surface area contributed by atoms with Crippen molar-refractivity contribution in [3.63, 3.8) is 0 Å². The highest BCUT2D eigenvalue weighted by Gasteiger charge is 2.03. The fourth-order valence-electron chi connectivity index (χ4n) is 1.27. The Hall–Kier alpha value is -0.290. The normalized spacial score (nSPS) is 10.8. The number of fused-ring (bicyclic) bond motifs is 1. The topological polar surface area (TPSA) is 20.2 Å². The van der Waals surface area contributed by atoms with Crippen LogP contribution in [0.1, 0.15) is 5.56 Å². The number of rotatable bonds is 0. The van der Waals surface area contributed by atoms with Crippen molar-refractivity contribution in [1.29, 1.82) is 0 Å². The predicted molar refractivity (Wildman–Crippen MR) is 60.9 cm³/mol. The molecular weight excluding hydrogens is 283 g/mol. The summed E-state index contributed by atoms with van der Waals surface area (Å²) in [6, 6.07) is 5.76. The quantitative estimate of drug-likeness (QED) is 0.736. The summed E-state index contributed by atoms with van der Waals surface area (Å²) in [4.78, 5) is 0. The van der Waals surface area contributed by atoms with Gasteiger partial charge in [0.25, 0.3) is 0 Å². The summed E-state index contributed by atoms with van der Waals surface area (Å²) < 4.78 is 2.42. The number of aromatic hydroxyl groups is 1. The fraction of sp³-hybridized carbons (Fsp3) is 0.111. The number of phenolic OH excluding ortho intramolecular Hbond substituents is 1. The summed E-state index contributed by atoms with van der Waals surface area (Å²) in [5.41, 5.74) is 1.14. The van der Waals surface area contributed by atoms with Crippen LogP contribution in [0.15, 0.2) is 18.2 Å². The minimum Gasteiger partial charge on any atom is -0.508 e. The third-order valence-electron chi connectivity index (χ3n) is 1.80. The van der Waals surface area contributed by atoms with Gasteiger partial charge in [-0.05, 0) is 58.7 Å². The molecule has 62 valence electrons. The van der Waals surface area contributed by atoms with E-state index in [1.54, 1.807) is 17.4 Å². The maximum Gasteiger partial charge on any atom is 0.117 e. The highest BCUT2D eigenvalue weighted by Crippen LogP contribution is 2.32. The number of thiophene rings is 1. The maximum absolute atomic E-state index is 9.32. The lowest BCUT2D eigenvalue weighted by atomic mass is 10.1. The van der Waals surface area contributed by atoms with Crippen LogP contribution in [0.3, 0.4) is 0 Å². The fourth-order valence-corrected chi connectivity index (χ4v) is 3.18. The van der Waals surface area contributed by atoms with Crippen LogP contribution in [0, 0.1) is 9.81 Å². The van der Waals surface area contributed by atoms with Gasteiger partial charge in [-0.2, -0.15) is 0 Å². The van der Waals surface area contributed by atoms with Crippen LogP contribution in [0.25, 0.3) is 10.1 Å². The minimum absolute atomic E-state index is 0.359. The Morgan fingerprint density at radius 3 is 2.83 bits per heavy atom. The molecule has 2 aromatic rings. The van der Waals surface area contributed by atoms with Crippen LogP contribution in [0.2, 0.25) is 0 Å². The van der Waals surface area contributed by atoms with Gasteiger partial charge in [0, 0.05) is 4.70 Å². The smallest absolute Gasteiger partial charge is 0.117 e. The molecule has 3 heteroatoms. The molecule has 0 saturated heterocycles. The Morgan fingerprint density at radius 2 is 2.08 bits per heavy atom. The molecule has 0 fully saturated rings. The van der Waals surface area contributed by atoms with E-state index in [1.165, 1.54) is 8.27 Å². The van der Waals surface area contributed by atoms with E-state index in [-0.39, 0.29) is 0 Å². The molecule has 0 unspecified atom stereocenters. The summed E-state index contributed by atoms with van der Waals surface area (Å²) in [5, 5.41) is 10.6. The second kappa shape index (κ2) is 2.88. The molecule has 0 aliphatic rings. The van der Waals surface area contributed by atoms with E-state index < -0.39 is 0 Å². The van der Waals surface area contributed by atoms with E-state index in [2.05, 4.69) is 28.7 Å². The molecule has 0 amide bonds. The van der Waals surface area contributed by atoms with Crippen molar-refractivity contribution < 1.29 is 5.11 Å². The molecule has 1 aromatic carbocycles. The molecule has 0 aliphatic carbocycles. The molecule has 0 spiro atoms. The number of halogens is 1. The lowest BCUT2D eigenvalue weighted by Crippen LogP contribution is -1.71. The Balaban J connectivity index is 2.88. The van der Waals surface area contributed by atoms with Crippen molar-refractivity contribution in [3.8, 4) is 5.75 Å². The molecular formula is C9H7IOS. The van der Waals surface area contributed by atoms with Gasteiger partial charge in [-0.3, -0.25) is 0 Å². The lowest BCUT2D eigenvalue weighted by Gasteiger charge is -1.96. The first-order valence-corrected chi connectivity index (χ1v) is 5.45. The van der Waals surface area contributed by atoms with Crippen molar-refractivity contribution in [2.45, 2.75) is 6.92 Å². The number of benzene rings is 1. The van der Waals surface area contributed by atoms with Gasteiger partial charge in [-0.15, -0.1) is 11.3 Å². The maximum atomic E-state index is 9.32. The monoisotopic (exact) mass is 290 g/mol. The lowest BCUT2D eigenvalue weighted by molar-refractivity contribution is 0.476. The Kier molecular flexibility index (Phi) is 2.00. The van der Waals surface area contributed by atoms with Crippen molar-refractivity contribution in [1.82, 2.24) is 0 Å². The molecule has 2 rings (SSSR count). The van der Waals surface area contributed by atoms with Gasteiger partial charge >= 0.3 is 0 Å². The highest BCUT2D eigenvalue weighted by molar-refractivity contribution is 14.1. The second-order valence-corrected chi connectivity index (χ2v) is 5.70. The first-order valence-electron chi connectivity index (χ1n) is 3.55. The summed E-state index contributed by atoms with van der Waals surface area (Å²) in [7, 11) is 0. The zero-order valence-corrected chi connectivity index (χ0v) is 9.44. The van der Waals surface area contributed by atoms with Crippen LogP contribution in [-0.2, 0) is 0 Å². The third-order valence-corrected chi connectivity index (χ3v) is 3.64. The van der Waals surface area contributed by atoms with Gasteiger partial charge in [0.2, 0.25) is 0 Å². The zero-order valence-electron chi connectivity index (χ0n) is 6.47. The summed E-state index contributed by atoms with van der Waals surface area (Å²) >= 11 is 4.01. The highest BCUT2D eigenvalue weighted by atomic mass is 127. The second-order valence-electron chi connectivity index (χ2n) is 2.72. The predicted octanol–water partition coefficient (Wildman–Crippen LogP) is 3.52. The van der Waals surface area contributed by atoms with Crippen molar-refractivity contribution in [2.24, 2.45) is 0 Å². The SMILES string of the molecule is Cc1cc(O)cc2sc(I)cc12. The van der Waals surface area contributed by atoms with Crippen molar-refractivity contribution in [3.05, 3.63) is 26.6 Å². The van der Waals surface area contributed by atoms with E-state index in [9.17, 15) is 5.11 Å². The van der Waals surface area contributed by atoms with E-state index in [0.717, 1.165) is 10.3 Å². The first kappa shape index (κ1) is 8.31. The van der Waals surface area contributed by atoms with Gasteiger partial charge in [0.15, 0.2) is 0 Å². The molecule has 0 aliphatic heterocycles. The number of hydrogen-bond donors (Lipinski definition) is 1. The average molecular weight is 290 g/mol. The Bertz CT molecular complexity index is 433. The van der Waals surface area contributed by atoms with E-state index >= 15 is 0 Å². The molecule has 1 nitrogen and oxygen atoms in total. The number of phenols is 1.